The van der Waals surface area contributed by atoms with Crippen molar-refractivity contribution in [2.45, 2.75) is 218 Å². The molecule has 0 fully saturated rings. The van der Waals surface area contributed by atoms with Crippen molar-refractivity contribution < 1.29 is 40.2 Å². The van der Waals surface area contributed by atoms with Crippen molar-refractivity contribution in [1.29, 1.82) is 0 Å². The fourth-order valence-corrected chi connectivity index (χ4v) is 5.34. The van der Waals surface area contributed by atoms with Crippen LogP contribution in [0.4, 0.5) is 0 Å². The molecule has 4 N–H and O–H groups in total. The van der Waals surface area contributed by atoms with E-state index in [0.717, 1.165) is 77.0 Å². The maximum absolute atomic E-state index is 10.2. The monoisotopic (exact) mass is 670 g/mol. The molecule has 0 aliphatic carbocycles. The molecule has 0 saturated heterocycles. The SMILES string of the molecule is CCCCCCCCC(O)C(O)CCCCCCCC(=O)[O-].CCCCCCCCC(O)C(O)CCCCCCCC(=O)[O-].[Ca+2]. The van der Waals surface area contributed by atoms with Gasteiger partial charge >= 0.3 is 37.7 Å². The summed E-state index contributed by atoms with van der Waals surface area (Å²) in [5.74, 6) is -1.96. The molecule has 45 heavy (non-hydrogen) atoms. The summed E-state index contributed by atoms with van der Waals surface area (Å²) in [4.78, 5) is 20.5. The minimum absolute atomic E-state index is 0. The number of carbonyl (C=O) groups excluding carboxylic acids is 2. The molecule has 0 bridgehead atoms. The van der Waals surface area contributed by atoms with E-state index in [1.807, 2.05) is 0 Å². The Balaban J connectivity index is -0.000000767. The van der Waals surface area contributed by atoms with Gasteiger partial charge < -0.3 is 40.2 Å². The molecule has 0 radical (unpaired) electrons. The van der Waals surface area contributed by atoms with Crippen molar-refractivity contribution in [2.24, 2.45) is 0 Å². The summed E-state index contributed by atoms with van der Waals surface area (Å²) in [6.45, 7) is 4.40. The molecular weight excluding hydrogens is 600 g/mol. The number of unbranched alkanes of at least 4 members (excludes halogenated alkanes) is 18. The van der Waals surface area contributed by atoms with Crippen LogP contribution >= 0.6 is 0 Å². The van der Waals surface area contributed by atoms with E-state index in [1.165, 1.54) is 51.4 Å². The standard InChI is InChI=1S/2C18H36O4.Ca/c2*1-2-3-4-5-7-10-13-16(19)17(20)14-11-8-6-9-12-15-18(21)22;/h2*16-17,19-20H,2-15H2,1H3,(H,21,22);/q;;+2/p-2. The molecule has 0 aromatic rings. The van der Waals surface area contributed by atoms with Crippen molar-refractivity contribution >= 4 is 49.7 Å². The molecule has 0 aromatic heterocycles. The molecular formula is C36H70CaO8. The number of carboxylic acids is 2. The topological polar surface area (TPSA) is 161 Å². The van der Waals surface area contributed by atoms with Crippen LogP contribution in [0.1, 0.15) is 194 Å². The van der Waals surface area contributed by atoms with Crippen molar-refractivity contribution in [1.82, 2.24) is 0 Å². The van der Waals surface area contributed by atoms with Crippen LogP contribution in [0.3, 0.4) is 0 Å². The number of carbonyl (C=O) groups is 2. The maximum atomic E-state index is 10.2. The maximum Gasteiger partial charge on any atom is 2.00 e. The number of aliphatic hydroxyl groups is 4. The van der Waals surface area contributed by atoms with Gasteiger partial charge in [-0.15, -0.1) is 0 Å². The summed E-state index contributed by atoms with van der Waals surface area (Å²) in [5, 5.41) is 60.1. The van der Waals surface area contributed by atoms with Gasteiger partial charge in [-0.05, 0) is 51.4 Å². The molecule has 4 unspecified atom stereocenters. The molecule has 8 nitrogen and oxygen atoms in total. The van der Waals surface area contributed by atoms with Crippen LogP contribution in [-0.4, -0.2) is 94.5 Å². The normalized spacial score (nSPS) is 13.6. The van der Waals surface area contributed by atoms with Crippen molar-refractivity contribution in [3.63, 3.8) is 0 Å². The second kappa shape index (κ2) is 38.5. The number of aliphatic hydroxyl groups excluding tert-OH is 4. The fourth-order valence-electron chi connectivity index (χ4n) is 5.34. The summed E-state index contributed by atoms with van der Waals surface area (Å²) in [5.41, 5.74) is 0. The number of hydrogen-bond acceptors (Lipinski definition) is 8. The Morgan fingerprint density at radius 1 is 0.400 bits per heavy atom. The molecule has 4 atom stereocenters. The summed E-state index contributed by atoms with van der Waals surface area (Å²) in [6.07, 6.45) is 23.7. The molecule has 0 saturated carbocycles. The largest absolute Gasteiger partial charge is 2.00 e. The van der Waals surface area contributed by atoms with Gasteiger partial charge in [-0.25, -0.2) is 0 Å². The Labute approximate surface area is 306 Å². The zero-order valence-corrected chi connectivity index (χ0v) is 31.4. The summed E-state index contributed by atoms with van der Waals surface area (Å²) >= 11 is 0. The first-order chi connectivity index (χ1) is 21.1. The van der Waals surface area contributed by atoms with Gasteiger partial charge in [-0.1, -0.05) is 142 Å². The van der Waals surface area contributed by atoms with E-state index < -0.39 is 36.4 Å². The summed E-state index contributed by atoms with van der Waals surface area (Å²) in [7, 11) is 0. The third-order valence-electron chi connectivity index (χ3n) is 8.36. The van der Waals surface area contributed by atoms with Crippen LogP contribution in [0.5, 0.6) is 0 Å². The fraction of sp³-hybridized carbons (Fsp3) is 0.944. The first kappa shape index (κ1) is 49.4. The quantitative estimate of drug-likeness (QED) is 0.0539. The Kier molecular flexibility index (Phi) is 42.3. The van der Waals surface area contributed by atoms with Crippen LogP contribution in [0.15, 0.2) is 0 Å². The van der Waals surface area contributed by atoms with Crippen LogP contribution in [0.2, 0.25) is 0 Å². The molecule has 0 aromatic carbocycles. The zero-order valence-electron chi connectivity index (χ0n) is 29.2. The molecule has 0 aliphatic rings. The van der Waals surface area contributed by atoms with E-state index in [4.69, 9.17) is 0 Å². The number of aliphatic carboxylic acids is 2. The average Bonchev–Trinajstić information content (AvgIpc) is 2.99. The van der Waals surface area contributed by atoms with Crippen LogP contribution in [0, 0.1) is 0 Å². The predicted molar refractivity (Wildman–Crippen MR) is 180 cm³/mol. The van der Waals surface area contributed by atoms with Crippen molar-refractivity contribution in [3.05, 3.63) is 0 Å². The first-order valence-corrected chi connectivity index (χ1v) is 18.3. The van der Waals surface area contributed by atoms with Gasteiger partial charge in [0.15, 0.2) is 0 Å². The third kappa shape index (κ3) is 40.1. The van der Waals surface area contributed by atoms with E-state index in [-0.39, 0.29) is 50.6 Å². The van der Waals surface area contributed by atoms with E-state index in [1.54, 1.807) is 0 Å². The van der Waals surface area contributed by atoms with Gasteiger partial charge in [0.05, 0.1) is 24.4 Å². The minimum atomic E-state index is -0.978. The van der Waals surface area contributed by atoms with Crippen LogP contribution in [-0.2, 0) is 9.59 Å². The Bertz CT molecular complexity index is 570. The second-order valence-electron chi connectivity index (χ2n) is 12.7. The summed E-state index contributed by atoms with van der Waals surface area (Å²) < 4.78 is 0. The van der Waals surface area contributed by atoms with Crippen LogP contribution in [0.25, 0.3) is 0 Å². The molecule has 9 heteroatoms. The van der Waals surface area contributed by atoms with E-state index >= 15 is 0 Å². The second-order valence-corrected chi connectivity index (χ2v) is 12.7. The van der Waals surface area contributed by atoms with Crippen molar-refractivity contribution in [2.75, 3.05) is 0 Å². The molecule has 0 amide bonds. The number of carboxylic acid groups (broad SMARTS) is 2. The van der Waals surface area contributed by atoms with E-state index in [2.05, 4.69) is 13.8 Å². The Hall–Kier alpha value is 0.0397. The minimum Gasteiger partial charge on any atom is -0.550 e. The van der Waals surface area contributed by atoms with Gasteiger partial charge in [0.25, 0.3) is 0 Å². The van der Waals surface area contributed by atoms with Gasteiger partial charge in [-0.3, -0.25) is 0 Å². The van der Waals surface area contributed by atoms with Gasteiger partial charge in [0, 0.05) is 11.9 Å². The smallest absolute Gasteiger partial charge is 0.550 e. The molecule has 0 rings (SSSR count). The van der Waals surface area contributed by atoms with Gasteiger partial charge in [0.1, 0.15) is 0 Å². The van der Waals surface area contributed by atoms with Gasteiger partial charge in [-0.2, -0.15) is 0 Å². The van der Waals surface area contributed by atoms with E-state index in [0.29, 0.717) is 38.5 Å². The Morgan fingerprint density at radius 3 is 0.822 bits per heavy atom. The zero-order chi connectivity index (χ0) is 33.3. The predicted octanol–water partition coefficient (Wildman–Crippen LogP) is 5.50. The molecule has 0 aliphatic heterocycles. The molecule has 264 valence electrons. The molecule has 0 spiro atoms. The van der Waals surface area contributed by atoms with E-state index in [9.17, 15) is 40.2 Å². The molecule has 0 heterocycles. The van der Waals surface area contributed by atoms with Crippen LogP contribution < -0.4 is 10.2 Å². The summed E-state index contributed by atoms with van der Waals surface area (Å²) in [6, 6.07) is 0. The van der Waals surface area contributed by atoms with Crippen molar-refractivity contribution in [3.8, 4) is 0 Å². The first-order valence-electron chi connectivity index (χ1n) is 18.3. The Morgan fingerprint density at radius 2 is 0.600 bits per heavy atom. The average molecular weight is 671 g/mol. The number of hydrogen-bond donors (Lipinski definition) is 4. The van der Waals surface area contributed by atoms with Gasteiger partial charge in [0.2, 0.25) is 0 Å². The number of rotatable bonds is 32. The third-order valence-corrected chi connectivity index (χ3v) is 8.36.